The first-order chi connectivity index (χ1) is 9.75. The number of ketones is 1. The topological polar surface area (TPSA) is 37.3 Å². The quantitative estimate of drug-likeness (QED) is 0.815. The molecule has 0 fully saturated rings. The largest absolute Gasteiger partial charge is 0.385 e. The van der Waals surface area contributed by atoms with Crippen LogP contribution in [0.3, 0.4) is 0 Å². The molecule has 0 heterocycles. The zero-order valence-electron chi connectivity index (χ0n) is 11.3. The van der Waals surface area contributed by atoms with Crippen molar-refractivity contribution in [3.05, 3.63) is 77.9 Å². The van der Waals surface area contributed by atoms with Crippen molar-refractivity contribution in [3.8, 4) is 0 Å². The summed E-state index contributed by atoms with van der Waals surface area (Å²) in [7, 11) is 0. The van der Waals surface area contributed by atoms with E-state index in [0.29, 0.717) is 12.8 Å². The molecule has 0 radical (unpaired) electrons. The number of aryl methyl sites for hydroxylation is 1. The molecule has 2 nitrogen and oxygen atoms in total. The molecule has 2 heteroatoms. The van der Waals surface area contributed by atoms with Gasteiger partial charge in [0.2, 0.25) is 0 Å². The lowest BCUT2D eigenvalue weighted by Gasteiger charge is -2.06. The summed E-state index contributed by atoms with van der Waals surface area (Å²) in [4.78, 5) is 11.8. The Morgan fingerprint density at radius 1 is 1.00 bits per heavy atom. The van der Waals surface area contributed by atoms with E-state index in [1.807, 2.05) is 60.7 Å². The summed E-state index contributed by atoms with van der Waals surface area (Å²) in [5.74, 6) is -0.246. The summed E-state index contributed by atoms with van der Waals surface area (Å²) < 4.78 is 0. The lowest BCUT2D eigenvalue weighted by Crippen LogP contribution is -2.18. The maximum Gasteiger partial charge on any atom is 0.184 e. The van der Waals surface area contributed by atoms with Crippen LogP contribution in [0.1, 0.15) is 17.5 Å². The van der Waals surface area contributed by atoms with Gasteiger partial charge in [0, 0.05) is 0 Å². The third-order valence-corrected chi connectivity index (χ3v) is 3.12. The summed E-state index contributed by atoms with van der Waals surface area (Å²) in [6.45, 7) is 0. The predicted molar refractivity (Wildman–Crippen MR) is 81.3 cm³/mol. The van der Waals surface area contributed by atoms with Crippen LogP contribution in [0.5, 0.6) is 0 Å². The smallest absolute Gasteiger partial charge is 0.184 e. The highest BCUT2D eigenvalue weighted by molar-refractivity contribution is 5.96. The Kier molecular flexibility index (Phi) is 5.27. The normalized spacial score (nSPS) is 12.4. The summed E-state index contributed by atoms with van der Waals surface area (Å²) in [5.41, 5.74) is 2.09. The molecule has 0 saturated heterocycles. The molecule has 2 aromatic rings. The molecule has 0 bridgehead atoms. The lowest BCUT2D eigenvalue weighted by molar-refractivity contribution is -0.122. The van der Waals surface area contributed by atoms with E-state index in [4.69, 9.17) is 0 Å². The highest BCUT2D eigenvalue weighted by atomic mass is 16.3. The third kappa shape index (κ3) is 4.48. The molecule has 102 valence electrons. The molecule has 0 aliphatic carbocycles. The fourth-order valence-electron chi connectivity index (χ4n) is 1.94. The molecule has 20 heavy (non-hydrogen) atoms. The summed E-state index contributed by atoms with van der Waals surface area (Å²) >= 11 is 0. The predicted octanol–water partition coefficient (Wildman–Crippen LogP) is 3.26. The Morgan fingerprint density at radius 3 is 2.25 bits per heavy atom. The summed E-state index contributed by atoms with van der Waals surface area (Å²) in [6.07, 6.45) is 3.39. The van der Waals surface area contributed by atoms with Crippen molar-refractivity contribution < 1.29 is 9.90 Å². The van der Waals surface area contributed by atoms with Gasteiger partial charge in [0.25, 0.3) is 0 Å². The van der Waals surface area contributed by atoms with Gasteiger partial charge in [-0.3, -0.25) is 4.79 Å². The summed E-state index contributed by atoms with van der Waals surface area (Å²) in [6, 6.07) is 19.4. The van der Waals surface area contributed by atoms with Gasteiger partial charge in [0.1, 0.15) is 6.10 Å². The number of rotatable bonds is 6. The van der Waals surface area contributed by atoms with Crippen LogP contribution in [0, 0.1) is 0 Å². The number of carbonyl (C=O) groups is 1. The van der Waals surface area contributed by atoms with Crippen molar-refractivity contribution in [2.24, 2.45) is 0 Å². The van der Waals surface area contributed by atoms with Crippen LogP contribution in [-0.4, -0.2) is 17.0 Å². The number of hydrogen-bond donors (Lipinski definition) is 1. The molecule has 0 aliphatic rings. The van der Waals surface area contributed by atoms with Gasteiger partial charge in [-0.25, -0.2) is 0 Å². The van der Waals surface area contributed by atoms with Crippen molar-refractivity contribution in [2.75, 3.05) is 0 Å². The minimum atomic E-state index is -0.935. The van der Waals surface area contributed by atoms with Gasteiger partial charge < -0.3 is 5.11 Å². The Hall–Kier alpha value is -2.19. The number of aliphatic hydroxyl groups is 1. The first-order valence-electron chi connectivity index (χ1n) is 6.74. The molecular weight excluding hydrogens is 248 g/mol. The fraction of sp³-hybridized carbons (Fsp3) is 0.167. The molecule has 1 atom stereocenters. The van der Waals surface area contributed by atoms with E-state index in [0.717, 1.165) is 11.1 Å². The van der Waals surface area contributed by atoms with Gasteiger partial charge >= 0.3 is 0 Å². The maximum atomic E-state index is 11.8. The van der Waals surface area contributed by atoms with Crippen molar-refractivity contribution >= 4 is 11.9 Å². The number of benzene rings is 2. The number of carbonyl (C=O) groups excluding carboxylic acids is 1. The van der Waals surface area contributed by atoms with Crippen LogP contribution in [0.4, 0.5) is 0 Å². The maximum absolute atomic E-state index is 11.8. The lowest BCUT2D eigenvalue weighted by atomic mass is 10.0. The molecule has 0 unspecified atom stereocenters. The van der Waals surface area contributed by atoms with E-state index in [9.17, 15) is 9.90 Å². The van der Waals surface area contributed by atoms with Crippen LogP contribution in [0.15, 0.2) is 66.7 Å². The van der Waals surface area contributed by atoms with Crippen molar-refractivity contribution in [1.29, 1.82) is 0 Å². The molecule has 2 aromatic carbocycles. The van der Waals surface area contributed by atoms with Gasteiger partial charge in [0.15, 0.2) is 5.78 Å². The fourth-order valence-corrected chi connectivity index (χ4v) is 1.94. The van der Waals surface area contributed by atoms with Crippen LogP contribution in [0.2, 0.25) is 0 Å². The second-order valence-corrected chi connectivity index (χ2v) is 4.69. The van der Waals surface area contributed by atoms with Gasteiger partial charge in [-0.15, -0.1) is 0 Å². The van der Waals surface area contributed by atoms with Crippen LogP contribution in [0.25, 0.3) is 6.08 Å². The molecular formula is C18H18O2. The molecule has 0 aromatic heterocycles. The molecule has 0 amide bonds. The van der Waals surface area contributed by atoms with E-state index in [-0.39, 0.29) is 5.78 Å². The standard InChI is InChI=1S/C18H18O2/c19-17(13-11-15-7-3-1-4-8-15)18(20)14-12-16-9-5-2-6-10-16/h1-11,13,18,20H,12,14H2/b13-11+/t18-/m1/s1. The molecule has 1 N–H and O–H groups in total. The minimum Gasteiger partial charge on any atom is -0.385 e. The average molecular weight is 266 g/mol. The average Bonchev–Trinajstić information content (AvgIpc) is 2.52. The van der Waals surface area contributed by atoms with Crippen LogP contribution >= 0.6 is 0 Å². The molecule has 0 aliphatic heterocycles. The highest BCUT2D eigenvalue weighted by Gasteiger charge is 2.11. The number of aliphatic hydroxyl groups excluding tert-OH is 1. The van der Waals surface area contributed by atoms with E-state index in [1.54, 1.807) is 6.08 Å². The van der Waals surface area contributed by atoms with Crippen molar-refractivity contribution in [1.82, 2.24) is 0 Å². The van der Waals surface area contributed by atoms with E-state index in [2.05, 4.69) is 0 Å². The zero-order chi connectivity index (χ0) is 14.2. The first-order valence-corrected chi connectivity index (χ1v) is 6.74. The Labute approximate surface area is 119 Å². The van der Waals surface area contributed by atoms with E-state index in [1.165, 1.54) is 6.08 Å². The molecule has 0 saturated carbocycles. The number of hydrogen-bond acceptors (Lipinski definition) is 2. The second kappa shape index (κ2) is 7.41. The zero-order valence-corrected chi connectivity index (χ0v) is 11.3. The SMILES string of the molecule is O=C(/C=C/c1ccccc1)[C@H](O)CCc1ccccc1. The second-order valence-electron chi connectivity index (χ2n) is 4.69. The third-order valence-electron chi connectivity index (χ3n) is 3.12. The minimum absolute atomic E-state index is 0.246. The van der Waals surface area contributed by atoms with Gasteiger partial charge in [-0.2, -0.15) is 0 Å². The van der Waals surface area contributed by atoms with E-state index >= 15 is 0 Å². The van der Waals surface area contributed by atoms with Crippen molar-refractivity contribution in [2.45, 2.75) is 18.9 Å². The Bertz CT molecular complexity index is 558. The monoisotopic (exact) mass is 266 g/mol. The van der Waals surface area contributed by atoms with Gasteiger partial charge in [-0.1, -0.05) is 66.7 Å². The first kappa shape index (κ1) is 14.2. The molecule has 0 spiro atoms. The van der Waals surface area contributed by atoms with Crippen molar-refractivity contribution in [3.63, 3.8) is 0 Å². The molecule has 2 rings (SSSR count). The van der Waals surface area contributed by atoms with Crippen LogP contribution in [-0.2, 0) is 11.2 Å². The van der Waals surface area contributed by atoms with Gasteiger partial charge in [0.05, 0.1) is 0 Å². The Balaban J connectivity index is 1.85. The van der Waals surface area contributed by atoms with E-state index < -0.39 is 6.10 Å². The highest BCUT2D eigenvalue weighted by Crippen LogP contribution is 2.07. The van der Waals surface area contributed by atoms with Gasteiger partial charge in [-0.05, 0) is 30.0 Å². The van der Waals surface area contributed by atoms with Crippen LogP contribution < -0.4 is 0 Å². The Morgan fingerprint density at radius 2 is 1.60 bits per heavy atom. The summed E-state index contributed by atoms with van der Waals surface area (Å²) in [5, 5.41) is 9.86.